The predicted octanol–water partition coefficient (Wildman–Crippen LogP) is 3.92. The number of pyridine rings is 1. The number of ether oxygens (including phenoxy) is 2. The number of carbonyl (C=O) groups excluding carboxylic acids is 1. The third-order valence-electron chi connectivity index (χ3n) is 9.92. The van der Waals surface area contributed by atoms with Crippen LogP contribution in [0.5, 0.6) is 5.75 Å². The Kier molecular flexibility index (Phi) is 8.10. The van der Waals surface area contributed by atoms with Gasteiger partial charge in [-0.15, -0.1) is 0 Å². The summed E-state index contributed by atoms with van der Waals surface area (Å²) in [5.74, 6) is 1.37. The smallest absolute Gasteiger partial charge is 0.223 e. The molecule has 11 heteroatoms. The lowest BCUT2D eigenvalue weighted by atomic mass is 9.88. The van der Waals surface area contributed by atoms with E-state index < -0.39 is 0 Å². The number of rotatable bonds is 9. The highest BCUT2D eigenvalue weighted by Crippen LogP contribution is 2.46. The van der Waals surface area contributed by atoms with Gasteiger partial charge < -0.3 is 30.4 Å². The minimum absolute atomic E-state index is 0.120. The van der Waals surface area contributed by atoms with Crippen LogP contribution in [0, 0.1) is 35.0 Å². The van der Waals surface area contributed by atoms with Crippen molar-refractivity contribution in [2.45, 2.75) is 45.2 Å². The van der Waals surface area contributed by atoms with Crippen LogP contribution in [-0.4, -0.2) is 83.8 Å². The van der Waals surface area contributed by atoms with Crippen LogP contribution in [0.15, 0.2) is 36.5 Å². The molecule has 0 spiro atoms. The highest BCUT2D eigenvalue weighted by molar-refractivity contribution is 5.92. The second kappa shape index (κ2) is 12.3. The molecule has 236 valence electrons. The van der Waals surface area contributed by atoms with E-state index in [0.29, 0.717) is 46.8 Å². The van der Waals surface area contributed by atoms with Crippen molar-refractivity contribution in [2.24, 2.45) is 29.4 Å². The average molecular weight is 611 g/mol. The Morgan fingerprint density at radius 3 is 2.71 bits per heavy atom. The van der Waals surface area contributed by atoms with E-state index in [-0.39, 0.29) is 29.7 Å². The van der Waals surface area contributed by atoms with Crippen LogP contribution in [0.3, 0.4) is 0 Å². The number of aromatic nitrogens is 3. The summed E-state index contributed by atoms with van der Waals surface area (Å²) in [6.45, 7) is 10.5. The van der Waals surface area contributed by atoms with Gasteiger partial charge in [0.15, 0.2) is 5.65 Å². The van der Waals surface area contributed by atoms with Crippen molar-refractivity contribution in [3.63, 3.8) is 0 Å². The largest absolute Gasteiger partial charge is 0.492 e. The summed E-state index contributed by atoms with van der Waals surface area (Å²) in [7, 11) is 0. The van der Waals surface area contributed by atoms with Crippen LogP contribution >= 0.6 is 0 Å². The Morgan fingerprint density at radius 1 is 1.20 bits per heavy atom. The van der Waals surface area contributed by atoms with E-state index in [1.54, 1.807) is 0 Å². The molecule has 1 aromatic carbocycles. The Labute approximate surface area is 263 Å². The first kappa shape index (κ1) is 29.6. The number of nitriles is 1. The maximum atomic E-state index is 12.4. The summed E-state index contributed by atoms with van der Waals surface area (Å²) in [6.07, 6.45) is 8.92. The summed E-state index contributed by atoms with van der Waals surface area (Å²) in [5, 5.41) is 13.5. The van der Waals surface area contributed by atoms with Crippen LogP contribution in [0.4, 0.5) is 11.4 Å². The lowest BCUT2D eigenvalue weighted by Gasteiger charge is -2.41. The van der Waals surface area contributed by atoms with Crippen LogP contribution in [-0.2, 0) is 9.53 Å². The van der Waals surface area contributed by atoms with Gasteiger partial charge in [0.05, 0.1) is 42.6 Å². The average Bonchev–Trinajstić information content (AvgIpc) is 3.80. The van der Waals surface area contributed by atoms with E-state index in [9.17, 15) is 10.1 Å². The molecule has 0 unspecified atom stereocenters. The number of amides is 1. The molecule has 7 rings (SSSR count). The van der Waals surface area contributed by atoms with Gasteiger partial charge in [-0.3, -0.25) is 9.69 Å². The summed E-state index contributed by atoms with van der Waals surface area (Å²) >= 11 is 0. The number of H-pyrrole nitrogens is 1. The molecule has 1 saturated carbocycles. The predicted molar refractivity (Wildman–Crippen MR) is 173 cm³/mol. The number of hydrogen-bond donors (Lipinski definition) is 3. The SMILES string of the molecule is CC(C)COc1cc(N2CCC(N3CCOCC3)CC2)ccc1-c1nc2ncc(C#N)c(N[C@H]3[C@@H](C(N)=O)[C@@H]4C=C[C@H]3C4)c2[nH]1. The lowest BCUT2D eigenvalue weighted by molar-refractivity contribution is -0.122. The molecule has 4 atom stereocenters. The van der Waals surface area contributed by atoms with Gasteiger partial charge in [-0.2, -0.15) is 5.26 Å². The first-order chi connectivity index (χ1) is 21.9. The molecule has 1 amide bonds. The van der Waals surface area contributed by atoms with Gasteiger partial charge in [0, 0.05) is 56.2 Å². The number of anilines is 2. The van der Waals surface area contributed by atoms with Crippen molar-refractivity contribution >= 4 is 28.4 Å². The zero-order valence-corrected chi connectivity index (χ0v) is 26.0. The quantitative estimate of drug-likeness (QED) is 0.307. The molecule has 4 N–H and O–H groups in total. The number of morpholine rings is 1. The molecule has 2 aromatic heterocycles. The number of aromatic amines is 1. The standard InChI is InChI=1S/C34H42N8O3/c1-20(2)19-45-27-16-25(41-9-7-24(8-10-41)42-11-13-44-14-12-42)5-6-26(27)33-39-31-30(23(17-35)18-37-34(31)40-33)38-29-22-4-3-21(15-22)28(29)32(36)43/h3-6,16,18,20-22,24,28-29H,7-15,19H2,1-2H3,(H2,36,43)(H2,37,38,39,40)/t21-,22+,28+,29-/m1/s1. The van der Waals surface area contributed by atoms with Crippen molar-refractivity contribution in [3.05, 3.63) is 42.1 Å². The molecule has 11 nitrogen and oxygen atoms in total. The maximum Gasteiger partial charge on any atom is 0.223 e. The molecule has 2 saturated heterocycles. The van der Waals surface area contributed by atoms with Crippen LogP contribution in [0.25, 0.3) is 22.6 Å². The number of hydrogen-bond acceptors (Lipinski definition) is 9. The van der Waals surface area contributed by atoms with Gasteiger partial charge in [-0.05, 0) is 49.1 Å². The molecule has 4 heterocycles. The number of imidazole rings is 1. The van der Waals surface area contributed by atoms with E-state index in [1.165, 1.54) is 6.20 Å². The third-order valence-corrected chi connectivity index (χ3v) is 9.92. The summed E-state index contributed by atoms with van der Waals surface area (Å²) < 4.78 is 12.0. The minimum Gasteiger partial charge on any atom is -0.492 e. The number of fused-ring (bicyclic) bond motifs is 3. The number of allylic oxidation sites excluding steroid dienone is 1. The van der Waals surface area contributed by atoms with E-state index in [2.05, 4.69) is 75.4 Å². The van der Waals surface area contributed by atoms with Crippen LogP contribution < -0.4 is 20.7 Å². The first-order valence-electron chi connectivity index (χ1n) is 16.3. The second-order valence-electron chi connectivity index (χ2n) is 13.2. The van der Waals surface area contributed by atoms with Gasteiger partial charge in [-0.1, -0.05) is 26.0 Å². The molecule has 3 aromatic rings. The van der Waals surface area contributed by atoms with E-state index in [1.807, 2.05) is 0 Å². The minimum atomic E-state index is -0.334. The number of primary amides is 1. The van der Waals surface area contributed by atoms with Gasteiger partial charge >= 0.3 is 0 Å². The summed E-state index contributed by atoms with van der Waals surface area (Å²) in [5.41, 5.74) is 9.92. The fraction of sp³-hybridized carbons (Fsp3) is 0.529. The van der Waals surface area contributed by atoms with Crippen LogP contribution in [0.1, 0.15) is 38.7 Å². The van der Waals surface area contributed by atoms with Gasteiger partial charge in [0.1, 0.15) is 23.2 Å². The molecule has 3 fully saturated rings. The van der Waals surface area contributed by atoms with E-state index in [4.69, 9.17) is 20.2 Å². The fourth-order valence-corrected chi connectivity index (χ4v) is 7.60. The highest BCUT2D eigenvalue weighted by Gasteiger charge is 2.47. The number of benzene rings is 1. The zero-order valence-electron chi connectivity index (χ0n) is 26.0. The van der Waals surface area contributed by atoms with E-state index >= 15 is 0 Å². The Balaban J connectivity index is 1.18. The molecule has 2 bridgehead atoms. The second-order valence-corrected chi connectivity index (χ2v) is 13.2. The molecule has 2 aliphatic carbocycles. The molecule has 2 aliphatic heterocycles. The Bertz CT molecular complexity index is 1630. The monoisotopic (exact) mass is 610 g/mol. The molecule has 4 aliphatic rings. The first-order valence-corrected chi connectivity index (χ1v) is 16.3. The highest BCUT2D eigenvalue weighted by atomic mass is 16.5. The lowest BCUT2D eigenvalue weighted by Crippen LogP contribution is -2.49. The molecule has 45 heavy (non-hydrogen) atoms. The maximum absolute atomic E-state index is 12.4. The van der Waals surface area contributed by atoms with Crippen molar-refractivity contribution in [1.82, 2.24) is 19.9 Å². The molecular formula is C34H42N8O3. The number of nitrogens with zero attached hydrogens (tertiary/aromatic N) is 5. The Morgan fingerprint density at radius 2 is 1.98 bits per heavy atom. The summed E-state index contributed by atoms with van der Waals surface area (Å²) in [4.78, 5) is 30.3. The van der Waals surface area contributed by atoms with E-state index in [0.717, 1.165) is 75.7 Å². The van der Waals surface area contributed by atoms with Crippen molar-refractivity contribution in [1.29, 1.82) is 5.26 Å². The summed E-state index contributed by atoms with van der Waals surface area (Å²) in [6, 6.07) is 9.02. The van der Waals surface area contributed by atoms with Gasteiger partial charge in [0.2, 0.25) is 5.91 Å². The molecular weight excluding hydrogens is 568 g/mol. The topological polar surface area (TPSA) is 145 Å². The zero-order chi connectivity index (χ0) is 31.1. The van der Waals surface area contributed by atoms with Crippen molar-refractivity contribution in [3.8, 4) is 23.2 Å². The van der Waals surface area contributed by atoms with Crippen molar-refractivity contribution in [2.75, 3.05) is 56.2 Å². The number of nitrogens with one attached hydrogen (secondary N) is 2. The number of piperidine rings is 1. The molecule has 0 radical (unpaired) electrons. The number of carbonyl (C=O) groups is 1. The van der Waals surface area contributed by atoms with Gasteiger partial charge in [0.25, 0.3) is 0 Å². The Hall–Kier alpha value is -4.14. The third kappa shape index (κ3) is 5.73. The fourth-order valence-electron chi connectivity index (χ4n) is 7.60. The van der Waals surface area contributed by atoms with Crippen molar-refractivity contribution < 1.29 is 14.3 Å². The number of nitrogens with two attached hydrogens (primary N) is 1. The normalized spacial score (nSPS) is 25.2. The van der Waals surface area contributed by atoms with Crippen LogP contribution in [0.2, 0.25) is 0 Å². The van der Waals surface area contributed by atoms with Gasteiger partial charge in [-0.25, -0.2) is 9.97 Å².